The van der Waals surface area contributed by atoms with Gasteiger partial charge in [-0.3, -0.25) is 0 Å². The summed E-state index contributed by atoms with van der Waals surface area (Å²) in [4.78, 5) is 15.1. The molecular weight excluding hydrogens is 474 g/mol. The molecule has 0 spiro atoms. The monoisotopic (exact) mass is 497 g/mol. The van der Waals surface area contributed by atoms with E-state index in [0.717, 1.165) is 44.5 Å². The summed E-state index contributed by atoms with van der Waals surface area (Å²) in [5, 5.41) is 11.1. The molecule has 0 saturated heterocycles. The lowest BCUT2D eigenvalue weighted by molar-refractivity contribution is 0.125. The number of hydrogen-bond acceptors (Lipinski definition) is 6. The first-order valence-corrected chi connectivity index (χ1v) is 12.5. The van der Waals surface area contributed by atoms with E-state index in [4.69, 9.17) is 14.6 Å². The van der Waals surface area contributed by atoms with E-state index < -0.39 is 0 Å². The van der Waals surface area contributed by atoms with Crippen LogP contribution >= 0.6 is 0 Å². The van der Waals surface area contributed by atoms with Crippen LogP contribution in [0.2, 0.25) is 0 Å². The molecule has 1 aliphatic rings. The lowest BCUT2D eigenvalue weighted by atomic mass is 9.83. The van der Waals surface area contributed by atoms with E-state index in [1.54, 1.807) is 10.8 Å². The van der Waals surface area contributed by atoms with E-state index in [9.17, 15) is 0 Å². The SMILES string of the molecule is C/C(=N/OCc1nc2c3c(ncn2n1)Oc1c(ccc2ccccc12)C3c1ccccc1)c1ccccc1. The highest BCUT2D eigenvalue weighted by atomic mass is 16.6. The van der Waals surface area contributed by atoms with Crippen LogP contribution in [-0.4, -0.2) is 25.3 Å². The molecule has 1 atom stereocenters. The number of rotatable bonds is 5. The molecule has 0 N–H and O–H groups in total. The van der Waals surface area contributed by atoms with Crippen molar-refractivity contribution in [1.82, 2.24) is 19.6 Å². The van der Waals surface area contributed by atoms with Gasteiger partial charge in [0, 0.05) is 16.9 Å². The number of benzene rings is 4. The lowest BCUT2D eigenvalue weighted by Gasteiger charge is -2.28. The Hall–Kier alpha value is -5.04. The summed E-state index contributed by atoms with van der Waals surface area (Å²) in [5.74, 6) is 1.76. The molecule has 38 heavy (non-hydrogen) atoms. The highest BCUT2D eigenvalue weighted by Gasteiger charge is 2.34. The topological polar surface area (TPSA) is 73.9 Å². The highest BCUT2D eigenvalue weighted by Crippen LogP contribution is 2.50. The molecule has 7 nitrogen and oxygen atoms in total. The molecule has 7 heteroatoms. The van der Waals surface area contributed by atoms with Crippen molar-refractivity contribution < 1.29 is 9.57 Å². The van der Waals surface area contributed by atoms with E-state index in [0.29, 0.717) is 17.4 Å². The maximum Gasteiger partial charge on any atom is 0.228 e. The molecule has 0 bridgehead atoms. The minimum Gasteiger partial charge on any atom is -0.438 e. The van der Waals surface area contributed by atoms with E-state index in [2.05, 4.69) is 63.8 Å². The molecular formula is C31H23N5O2. The summed E-state index contributed by atoms with van der Waals surface area (Å²) in [6.07, 6.45) is 1.64. The lowest BCUT2D eigenvalue weighted by Crippen LogP contribution is -2.15. The molecule has 4 aromatic carbocycles. The first-order chi connectivity index (χ1) is 18.8. The van der Waals surface area contributed by atoms with E-state index in [1.165, 1.54) is 0 Å². The fourth-order valence-corrected chi connectivity index (χ4v) is 5.06. The molecule has 184 valence electrons. The van der Waals surface area contributed by atoms with Gasteiger partial charge in [-0.2, -0.15) is 0 Å². The fourth-order valence-electron chi connectivity index (χ4n) is 5.06. The standard InChI is InChI=1S/C31H23N5O2/c1-20(21-10-4-2-5-11-21)35-37-18-26-33-30-28-27(23-13-6-3-7-14-23)25-17-16-22-12-8-9-15-24(22)29(25)38-31(28)32-19-36(30)34-26/h2-17,19,27H,18H2,1H3/b35-20-. The summed E-state index contributed by atoms with van der Waals surface area (Å²) in [5.41, 5.74) is 5.56. The van der Waals surface area contributed by atoms with Crippen molar-refractivity contribution >= 4 is 22.1 Å². The molecule has 1 aliphatic heterocycles. The van der Waals surface area contributed by atoms with Crippen LogP contribution in [0, 0.1) is 0 Å². The largest absolute Gasteiger partial charge is 0.438 e. The third kappa shape index (κ3) is 3.76. The van der Waals surface area contributed by atoms with Gasteiger partial charge in [0.05, 0.1) is 11.3 Å². The maximum absolute atomic E-state index is 6.48. The number of aromatic nitrogens is 4. The summed E-state index contributed by atoms with van der Waals surface area (Å²) in [6, 6.07) is 32.8. The zero-order chi connectivity index (χ0) is 25.5. The Balaban J connectivity index is 1.31. The third-order valence-corrected chi connectivity index (χ3v) is 6.86. The van der Waals surface area contributed by atoms with Crippen molar-refractivity contribution in [2.45, 2.75) is 19.4 Å². The second kappa shape index (κ2) is 9.12. The van der Waals surface area contributed by atoms with Crippen LogP contribution in [-0.2, 0) is 11.4 Å². The van der Waals surface area contributed by atoms with Gasteiger partial charge in [0.15, 0.2) is 18.1 Å². The molecule has 1 unspecified atom stereocenters. The average molecular weight is 498 g/mol. The number of hydrogen-bond donors (Lipinski definition) is 0. The Morgan fingerprint density at radius 2 is 1.68 bits per heavy atom. The van der Waals surface area contributed by atoms with Crippen LogP contribution in [0.15, 0.2) is 109 Å². The molecule has 6 aromatic rings. The molecule has 0 amide bonds. The van der Waals surface area contributed by atoms with Gasteiger partial charge < -0.3 is 9.57 Å². The van der Waals surface area contributed by atoms with Crippen molar-refractivity contribution in [3.63, 3.8) is 0 Å². The summed E-state index contributed by atoms with van der Waals surface area (Å²) in [6.45, 7) is 2.05. The predicted octanol–water partition coefficient (Wildman–Crippen LogP) is 6.50. The summed E-state index contributed by atoms with van der Waals surface area (Å²) < 4.78 is 8.17. The van der Waals surface area contributed by atoms with Crippen LogP contribution in [0.3, 0.4) is 0 Å². The van der Waals surface area contributed by atoms with Crippen molar-refractivity contribution in [2.75, 3.05) is 0 Å². The van der Waals surface area contributed by atoms with Gasteiger partial charge >= 0.3 is 0 Å². The molecule has 0 radical (unpaired) electrons. The Morgan fingerprint density at radius 3 is 2.53 bits per heavy atom. The minimum atomic E-state index is -0.118. The predicted molar refractivity (Wildman–Crippen MR) is 146 cm³/mol. The molecule has 3 heterocycles. The molecule has 0 aliphatic carbocycles. The maximum atomic E-state index is 6.48. The number of ether oxygens (including phenoxy) is 1. The van der Waals surface area contributed by atoms with Gasteiger partial charge in [-0.05, 0) is 23.4 Å². The Bertz CT molecular complexity index is 1810. The van der Waals surface area contributed by atoms with E-state index >= 15 is 0 Å². The van der Waals surface area contributed by atoms with Crippen molar-refractivity contribution in [3.05, 3.63) is 131 Å². The van der Waals surface area contributed by atoms with Crippen LogP contribution in [0.1, 0.15) is 40.9 Å². The Labute approximate surface area is 219 Å². The Morgan fingerprint density at radius 1 is 0.921 bits per heavy atom. The van der Waals surface area contributed by atoms with Crippen LogP contribution in [0.4, 0.5) is 0 Å². The number of fused-ring (bicyclic) bond motifs is 6. The van der Waals surface area contributed by atoms with Gasteiger partial charge in [-0.1, -0.05) is 102 Å². The fraction of sp³-hybridized carbons (Fsp3) is 0.0968. The summed E-state index contributed by atoms with van der Waals surface area (Å²) in [7, 11) is 0. The van der Waals surface area contributed by atoms with E-state index in [1.807, 2.05) is 55.5 Å². The van der Waals surface area contributed by atoms with Crippen molar-refractivity contribution in [3.8, 4) is 11.6 Å². The van der Waals surface area contributed by atoms with Gasteiger partial charge in [0.25, 0.3) is 0 Å². The van der Waals surface area contributed by atoms with Crippen molar-refractivity contribution in [2.24, 2.45) is 5.16 Å². The highest BCUT2D eigenvalue weighted by molar-refractivity contribution is 5.98. The molecule has 0 fully saturated rings. The molecule has 0 saturated carbocycles. The van der Waals surface area contributed by atoms with Crippen LogP contribution < -0.4 is 4.74 Å². The van der Waals surface area contributed by atoms with Crippen molar-refractivity contribution in [1.29, 1.82) is 0 Å². The zero-order valence-corrected chi connectivity index (χ0v) is 20.7. The number of nitrogens with zero attached hydrogens (tertiary/aromatic N) is 5. The normalized spacial score (nSPS) is 14.7. The molecule has 7 rings (SSSR count). The average Bonchev–Trinajstić information content (AvgIpc) is 3.40. The Kier molecular flexibility index (Phi) is 5.32. The quantitative estimate of drug-likeness (QED) is 0.200. The van der Waals surface area contributed by atoms with E-state index in [-0.39, 0.29) is 12.5 Å². The van der Waals surface area contributed by atoms with Crippen LogP contribution in [0.5, 0.6) is 11.6 Å². The first kappa shape index (κ1) is 22.2. The van der Waals surface area contributed by atoms with Gasteiger partial charge in [-0.25, -0.2) is 14.5 Å². The third-order valence-electron chi connectivity index (χ3n) is 6.86. The molecule has 2 aromatic heterocycles. The number of oxime groups is 1. The second-order valence-electron chi connectivity index (χ2n) is 9.23. The van der Waals surface area contributed by atoms with Gasteiger partial charge in [-0.15, -0.1) is 5.10 Å². The smallest absolute Gasteiger partial charge is 0.228 e. The minimum absolute atomic E-state index is 0.118. The zero-order valence-electron chi connectivity index (χ0n) is 20.7. The van der Waals surface area contributed by atoms with Gasteiger partial charge in [0.2, 0.25) is 5.88 Å². The summed E-state index contributed by atoms with van der Waals surface area (Å²) >= 11 is 0. The second-order valence-corrected chi connectivity index (χ2v) is 9.23. The first-order valence-electron chi connectivity index (χ1n) is 12.5. The van der Waals surface area contributed by atoms with Crippen LogP contribution in [0.25, 0.3) is 16.4 Å². The van der Waals surface area contributed by atoms with Gasteiger partial charge in [0.1, 0.15) is 12.1 Å².